The third-order valence-electron chi connectivity index (χ3n) is 2.74. The maximum absolute atomic E-state index is 12.5. The van der Waals surface area contributed by atoms with Crippen molar-refractivity contribution in [2.75, 3.05) is 24.8 Å². The van der Waals surface area contributed by atoms with Crippen LogP contribution in [0.4, 0.5) is 0 Å². The summed E-state index contributed by atoms with van der Waals surface area (Å²) in [6.07, 6.45) is 1.27. The molecule has 0 bridgehead atoms. The van der Waals surface area contributed by atoms with Gasteiger partial charge in [-0.25, -0.2) is 8.42 Å². The molecule has 1 aromatic carbocycles. The summed E-state index contributed by atoms with van der Waals surface area (Å²) in [5.41, 5.74) is 1.03. The van der Waals surface area contributed by atoms with Crippen LogP contribution in [0.15, 0.2) is 29.2 Å². The van der Waals surface area contributed by atoms with Crippen LogP contribution in [0.3, 0.4) is 0 Å². The normalized spacial score (nSPS) is 12.0. The van der Waals surface area contributed by atoms with Crippen molar-refractivity contribution >= 4 is 33.2 Å². The summed E-state index contributed by atoms with van der Waals surface area (Å²) in [6.45, 7) is 2.78. The van der Waals surface area contributed by atoms with Crippen molar-refractivity contribution in [3.63, 3.8) is 0 Å². The van der Waals surface area contributed by atoms with Crippen molar-refractivity contribution in [1.82, 2.24) is 4.31 Å². The summed E-state index contributed by atoms with van der Waals surface area (Å²) in [5, 5.41) is 0. The SMILES string of the molecule is Cc1ccc(S(=O)(=O)N(CCCCl)CCCCl)cc1. The molecule has 0 aliphatic rings. The number of benzene rings is 1. The van der Waals surface area contributed by atoms with Crippen LogP contribution in [-0.2, 0) is 10.0 Å². The maximum Gasteiger partial charge on any atom is 0.243 e. The maximum atomic E-state index is 12.5. The van der Waals surface area contributed by atoms with Crippen LogP contribution in [0.25, 0.3) is 0 Å². The van der Waals surface area contributed by atoms with Gasteiger partial charge in [-0.05, 0) is 31.9 Å². The van der Waals surface area contributed by atoms with Crippen molar-refractivity contribution in [2.24, 2.45) is 0 Å². The number of hydrogen-bond donors (Lipinski definition) is 0. The second-order valence-electron chi connectivity index (χ2n) is 4.30. The van der Waals surface area contributed by atoms with Gasteiger partial charge in [0.15, 0.2) is 0 Å². The number of rotatable bonds is 8. The van der Waals surface area contributed by atoms with Gasteiger partial charge in [0.2, 0.25) is 10.0 Å². The number of nitrogens with zero attached hydrogens (tertiary/aromatic N) is 1. The zero-order valence-electron chi connectivity index (χ0n) is 11.0. The minimum absolute atomic E-state index is 0.322. The molecule has 0 radical (unpaired) electrons. The van der Waals surface area contributed by atoms with Gasteiger partial charge in [-0.15, -0.1) is 23.2 Å². The summed E-state index contributed by atoms with van der Waals surface area (Å²) in [7, 11) is -3.45. The van der Waals surface area contributed by atoms with Gasteiger partial charge in [0.05, 0.1) is 4.90 Å². The lowest BCUT2D eigenvalue weighted by molar-refractivity contribution is 0.411. The highest BCUT2D eigenvalue weighted by Gasteiger charge is 2.23. The highest BCUT2D eigenvalue weighted by atomic mass is 35.5. The first-order valence-corrected chi connectivity index (χ1v) is 8.72. The predicted octanol–water partition coefficient (Wildman–Crippen LogP) is 3.24. The van der Waals surface area contributed by atoms with Gasteiger partial charge < -0.3 is 0 Å². The van der Waals surface area contributed by atoms with E-state index in [9.17, 15) is 8.42 Å². The Balaban J connectivity index is 2.93. The van der Waals surface area contributed by atoms with Crippen LogP contribution in [0.5, 0.6) is 0 Å². The molecule has 0 spiro atoms. The Hall–Kier alpha value is -0.290. The van der Waals surface area contributed by atoms with E-state index in [0.717, 1.165) is 5.56 Å². The Morgan fingerprint density at radius 2 is 1.47 bits per heavy atom. The smallest absolute Gasteiger partial charge is 0.207 e. The second-order valence-corrected chi connectivity index (χ2v) is 7.00. The van der Waals surface area contributed by atoms with Crippen LogP contribution in [0, 0.1) is 6.92 Å². The zero-order valence-corrected chi connectivity index (χ0v) is 13.3. The highest BCUT2D eigenvalue weighted by Crippen LogP contribution is 2.17. The van der Waals surface area contributed by atoms with E-state index in [2.05, 4.69) is 0 Å². The second kappa shape index (κ2) is 8.10. The quantitative estimate of drug-likeness (QED) is 0.689. The van der Waals surface area contributed by atoms with Crippen LogP contribution in [0.2, 0.25) is 0 Å². The zero-order chi connectivity index (χ0) is 14.3. The largest absolute Gasteiger partial charge is 0.243 e. The van der Waals surface area contributed by atoms with Gasteiger partial charge >= 0.3 is 0 Å². The first kappa shape index (κ1) is 16.8. The summed E-state index contributed by atoms with van der Waals surface area (Å²) >= 11 is 11.3. The number of sulfonamides is 1. The Kier molecular flexibility index (Phi) is 7.15. The number of halogens is 2. The minimum atomic E-state index is -3.45. The van der Waals surface area contributed by atoms with Gasteiger partial charge in [-0.1, -0.05) is 17.7 Å². The monoisotopic (exact) mass is 323 g/mol. The number of hydrogen-bond acceptors (Lipinski definition) is 2. The van der Waals surface area contributed by atoms with Crippen LogP contribution >= 0.6 is 23.2 Å². The van der Waals surface area contributed by atoms with Crippen LogP contribution in [0.1, 0.15) is 18.4 Å². The van der Waals surface area contributed by atoms with Gasteiger partial charge in [-0.2, -0.15) is 4.31 Å². The number of aryl methyl sites for hydroxylation is 1. The molecule has 0 atom stereocenters. The molecule has 108 valence electrons. The molecule has 6 heteroatoms. The Morgan fingerprint density at radius 1 is 1.00 bits per heavy atom. The summed E-state index contributed by atoms with van der Waals surface area (Å²) in [6, 6.07) is 6.88. The van der Waals surface area contributed by atoms with E-state index in [4.69, 9.17) is 23.2 Å². The Bertz CT molecular complexity index is 466. The van der Waals surface area contributed by atoms with Crippen molar-refractivity contribution in [3.05, 3.63) is 29.8 Å². The standard InChI is InChI=1S/C13H19Cl2NO2S/c1-12-4-6-13(7-5-12)19(17,18)16(10-2-8-14)11-3-9-15/h4-7H,2-3,8-11H2,1H3. The van der Waals surface area contributed by atoms with Gasteiger partial charge in [0, 0.05) is 24.8 Å². The lowest BCUT2D eigenvalue weighted by Crippen LogP contribution is -2.33. The molecule has 0 fully saturated rings. The van der Waals surface area contributed by atoms with Crippen molar-refractivity contribution < 1.29 is 8.42 Å². The van der Waals surface area contributed by atoms with Crippen molar-refractivity contribution in [1.29, 1.82) is 0 Å². The first-order valence-electron chi connectivity index (χ1n) is 6.21. The highest BCUT2D eigenvalue weighted by molar-refractivity contribution is 7.89. The van der Waals surface area contributed by atoms with E-state index < -0.39 is 10.0 Å². The molecule has 0 saturated heterocycles. The molecular weight excluding hydrogens is 305 g/mol. The third-order valence-corrected chi connectivity index (χ3v) is 5.19. The van der Waals surface area contributed by atoms with Gasteiger partial charge in [-0.3, -0.25) is 0 Å². The molecule has 0 unspecified atom stereocenters. The van der Waals surface area contributed by atoms with E-state index in [1.165, 1.54) is 4.31 Å². The molecule has 0 heterocycles. The molecule has 3 nitrogen and oxygen atoms in total. The fourth-order valence-electron chi connectivity index (χ4n) is 1.68. The lowest BCUT2D eigenvalue weighted by Gasteiger charge is -2.21. The van der Waals surface area contributed by atoms with Crippen LogP contribution < -0.4 is 0 Å². The molecule has 0 amide bonds. The Morgan fingerprint density at radius 3 is 1.89 bits per heavy atom. The molecule has 0 N–H and O–H groups in total. The molecular formula is C13H19Cl2NO2S. The summed E-state index contributed by atoms with van der Waals surface area (Å²) < 4.78 is 26.5. The van der Waals surface area contributed by atoms with E-state index >= 15 is 0 Å². The van der Waals surface area contributed by atoms with Gasteiger partial charge in [0.1, 0.15) is 0 Å². The van der Waals surface area contributed by atoms with Crippen LogP contribution in [-0.4, -0.2) is 37.6 Å². The molecule has 0 aromatic heterocycles. The molecule has 19 heavy (non-hydrogen) atoms. The van der Waals surface area contributed by atoms with E-state index in [0.29, 0.717) is 42.6 Å². The fourth-order valence-corrected chi connectivity index (χ4v) is 3.44. The Labute approximate surface area is 125 Å². The average molecular weight is 324 g/mol. The fraction of sp³-hybridized carbons (Fsp3) is 0.538. The molecule has 1 rings (SSSR count). The van der Waals surface area contributed by atoms with E-state index in [1.54, 1.807) is 24.3 Å². The summed E-state index contributed by atoms with van der Waals surface area (Å²) in [5.74, 6) is 0.890. The number of alkyl halides is 2. The molecule has 0 saturated carbocycles. The van der Waals surface area contributed by atoms with Crippen molar-refractivity contribution in [3.8, 4) is 0 Å². The average Bonchev–Trinajstić information content (AvgIpc) is 2.39. The predicted molar refractivity (Wildman–Crippen MR) is 80.6 cm³/mol. The van der Waals surface area contributed by atoms with Crippen molar-refractivity contribution in [2.45, 2.75) is 24.7 Å². The topological polar surface area (TPSA) is 37.4 Å². The summed E-state index contributed by atoms with van der Waals surface area (Å²) in [4.78, 5) is 0.322. The molecule has 0 aliphatic heterocycles. The van der Waals surface area contributed by atoms with E-state index in [-0.39, 0.29) is 0 Å². The van der Waals surface area contributed by atoms with E-state index in [1.807, 2.05) is 6.92 Å². The minimum Gasteiger partial charge on any atom is -0.207 e. The molecule has 1 aromatic rings. The molecule has 0 aliphatic carbocycles. The van der Waals surface area contributed by atoms with Gasteiger partial charge in [0.25, 0.3) is 0 Å². The first-order chi connectivity index (χ1) is 9.02. The lowest BCUT2D eigenvalue weighted by atomic mass is 10.2. The third kappa shape index (κ3) is 4.95.